The Hall–Kier alpha value is -9.43. The van der Waals surface area contributed by atoms with E-state index < -0.39 is 11.7 Å². The summed E-state index contributed by atoms with van der Waals surface area (Å²) in [6.07, 6.45) is -4.76. The molecule has 10 aromatic carbocycles. The largest absolute Gasteiger partial charge is 0.416 e. The number of nitriles is 2. The molecule has 0 aliphatic rings. The quantitative estimate of drug-likeness (QED) is 0.160. The van der Waals surface area contributed by atoms with E-state index in [2.05, 4.69) is 88.0 Å². The Kier molecular flexibility index (Phi) is 10.0. The van der Waals surface area contributed by atoms with Crippen LogP contribution in [-0.2, 0) is 6.18 Å². The minimum absolute atomic E-state index is 0.140. The highest BCUT2D eigenvalue weighted by atomic mass is 19.4. The van der Waals surface area contributed by atoms with Crippen molar-refractivity contribution < 1.29 is 13.2 Å². The zero-order chi connectivity index (χ0) is 47.5. The number of hydrogen-bond acceptors (Lipinski definition) is 2. The van der Waals surface area contributed by atoms with Gasteiger partial charge in [0, 0.05) is 27.1 Å². The fourth-order valence-electron chi connectivity index (χ4n) is 10.1. The van der Waals surface area contributed by atoms with Crippen LogP contribution in [0.4, 0.5) is 13.2 Å². The molecule has 0 amide bonds. The van der Waals surface area contributed by atoms with Gasteiger partial charge in [0.2, 0.25) is 0 Å². The summed E-state index contributed by atoms with van der Waals surface area (Å²) in [5, 5.41) is 25.5. The Morgan fingerprint density at radius 3 is 1.04 bits per heavy atom. The fourth-order valence-corrected chi connectivity index (χ4v) is 10.1. The van der Waals surface area contributed by atoms with Gasteiger partial charge in [-0.05, 0) is 105 Å². The number of alkyl halides is 3. The molecule has 0 radical (unpaired) electrons. The van der Waals surface area contributed by atoms with E-state index in [1.54, 1.807) is 6.07 Å². The molecule has 2 aromatic heterocycles. The molecule has 0 spiro atoms. The lowest BCUT2D eigenvalue weighted by molar-refractivity contribution is -0.137. The summed E-state index contributed by atoms with van der Waals surface area (Å²) >= 11 is 0. The molecule has 0 atom stereocenters. The van der Waals surface area contributed by atoms with Crippen molar-refractivity contribution in [2.75, 3.05) is 0 Å². The number of fused-ring (bicyclic) bond motifs is 6. The van der Waals surface area contributed by atoms with Crippen LogP contribution in [0, 0.1) is 22.7 Å². The Bertz CT molecular complexity index is 3910. The molecule has 0 aliphatic heterocycles. The molecule has 0 bridgehead atoms. The Morgan fingerprint density at radius 2 is 0.700 bits per heavy atom. The van der Waals surface area contributed by atoms with E-state index in [0.29, 0.717) is 22.5 Å². The molecule has 0 fully saturated rings. The average Bonchev–Trinajstić information content (AvgIpc) is 3.92. The van der Waals surface area contributed by atoms with Crippen LogP contribution in [0.2, 0.25) is 0 Å². The van der Waals surface area contributed by atoms with Gasteiger partial charge in [0.15, 0.2) is 0 Å². The van der Waals surface area contributed by atoms with Crippen molar-refractivity contribution in [3.8, 4) is 79.1 Å². The SMILES string of the molecule is N#Cc1cc(-c2cc(-n3c4cc(-c5ccccc5)ccc4c4ccc(-c5ccccc5)cc43)c(C#N)cc2-n2c3cc(-c4ccccc4)ccc3c3ccc(-c4ccccc4)cc32)cc(C(F)(F)F)c1. The van der Waals surface area contributed by atoms with Gasteiger partial charge in [0.1, 0.15) is 6.07 Å². The molecule has 0 saturated heterocycles. The predicted molar refractivity (Wildman–Crippen MR) is 277 cm³/mol. The second kappa shape index (κ2) is 16.7. The molecule has 7 heteroatoms. The number of rotatable bonds is 7. The molecular formula is C63H37F3N4. The van der Waals surface area contributed by atoms with Gasteiger partial charge in [-0.1, -0.05) is 170 Å². The van der Waals surface area contributed by atoms with E-state index in [-0.39, 0.29) is 11.1 Å². The molecule has 12 rings (SSSR count). The lowest BCUT2D eigenvalue weighted by atomic mass is 9.95. The summed E-state index contributed by atoms with van der Waals surface area (Å²) in [7, 11) is 0. The first-order valence-electron chi connectivity index (χ1n) is 22.8. The zero-order valence-electron chi connectivity index (χ0n) is 37.3. The summed E-state index contributed by atoms with van der Waals surface area (Å²) in [6, 6.07) is 77.0. The normalized spacial score (nSPS) is 11.6. The van der Waals surface area contributed by atoms with Crippen molar-refractivity contribution in [3.05, 3.63) is 241 Å². The topological polar surface area (TPSA) is 57.4 Å². The number of hydrogen-bond donors (Lipinski definition) is 0. The van der Waals surface area contributed by atoms with Crippen LogP contribution in [0.3, 0.4) is 0 Å². The van der Waals surface area contributed by atoms with E-state index in [1.165, 1.54) is 6.07 Å². The van der Waals surface area contributed by atoms with E-state index in [9.17, 15) is 23.7 Å². The van der Waals surface area contributed by atoms with Gasteiger partial charge < -0.3 is 9.13 Å². The summed E-state index contributed by atoms with van der Waals surface area (Å²) in [6.45, 7) is 0. The molecule has 2 heterocycles. The Balaban J connectivity index is 1.23. The maximum absolute atomic E-state index is 15.0. The number of halogens is 3. The third-order valence-electron chi connectivity index (χ3n) is 13.4. The molecule has 0 unspecified atom stereocenters. The van der Waals surface area contributed by atoms with Crippen LogP contribution in [-0.4, -0.2) is 9.13 Å². The van der Waals surface area contributed by atoms with Crippen molar-refractivity contribution in [3.63, 3.8) is 0 Å². The van der Waals surface area contributed by atoms with Crippen molar-refractivity contribution in [2.45, 2.75) is 6.18 Å². The van der Waals surface area contributed by atoms with Crippen molar-refractivity contribution in [1.82, 2.24) is 9.13 Å². The fraction of sp³-hybridized carbons (Fsp3) is 0.0159. The molecule has 0 N–H and O–H groups in total. The van der Waals surface area contributed by atoms with Crippen LogP contribution in [0.25, 0.3) is 111 Å². The van der Waals surface area contributed by atoms with Crippen LogP contribution >= 0.6 is 0 Å². The molecule has 0 aliphatic carbocycles. The number of benzene rings is 10. The highest BCUT2D eigenvalue weighted by molar-refractivity contribution is 6.13. The van der Waals surface area contributed by atoms with E-state index >= 15 is 0 Å². The summed E-state index contributed by atoms with van der Waals surface area (Å²) < 4.78 is 49.0. The van der Waals surface area contributed by atoms with Crippen LogP contribution < -0.4 is 0 Å². The minimum Gasteiger partial charge on any atom is -0.309 e. The van der Waals surface area contributed by atoms with Gasteiger partial charge in [-0.2, -0.15) is 23.7 Å². The number of nitrogens with zero attached hydrogens (tertiary/aromatic N) is 4. The van der Waals surface area contributed by atoms with E-state index in [0.717, 1.165) is 100 Å². The van der Waals surface area contributed by atoms with E-state index in [1.807, 2.05) is 133 Å². The Labute approximate surface area is 401 Å². The second-order valence-corrected chi connectivity index (χ2v) is 17.5. The van der Waals surface area contributed by atoms with Crippen LogP contribution in [0.5, 0.6) is 0 Å². The standard InChI is InChI=1S/C63H37F3N4/c64-63(65,66)51-30-40(38-67)29-49(31-51)56-37-57(69-58-32-45(41-13-5-1-6-14-41)21-25-52(58)53-26-22-46(33-59(53)69)42-15-7-2-8-16-42)50(39-68)36-62(56)70-60-34-47(43-17-9-3-10-18-43)23-27-54(60)55-28-24-48(35-61(55)70)44-19-11-4-12-20-44/h1-37H. The maximum Gasteiger partial charge on any atom is 0.416 e. The highest BCUT2D eigenvalue weighted by Crippen LogP contribution is 2.45. The van der Waals surface area contributed by atoms with Gasteiger partial charge in [0.25, 0.3) is 0 Å². The molecule has 0 saturated carbocycles. The second-order valence-electron chi connectivity index (χ2n) is 17.5. The van der Waals surface area contributed by atoms with Crippen molar-refractivity contribution in [1.29, 1.82) is 10.5 Å². The third kappa shape index (κ3) is 7.17. The van der Waals surface area contributed by atoms with Crippen molar-refractivity contribution >= 4 is 43.6 Å². The molecule has 70 heavy (non-hydrogen) atoms. The summed E-state index contributed by atoms with van der Waals surface area (Å²) in [4.78, 5) is 0. The maximum atomic E-state index is 15.0. The van der Waals surface area contributed by atoms with Gasteiger partial charge in [-0.3, -0.25) is 0 Å². The lowest BCUT2D eigenvalue weighted by Gasteiger charge is -2.20. The summed E-state index contributed by atoms with van der Waals surface area (Å²) in [5.41, 5.74) is 11.8. The minimum atomic E-state index is -4.76. The molecule has 12 aromatic rings. The first-order valence-corrected chi connectivity index (χ1v) is 22.8. The first-order chi connectivity index (χ1) is 34.2. The molecule has 330 valence electrons. The van der Waals surface area contributed by atoms with E-state index in [4.69, 9.17) is 0 Å². The highest BCUT2D eigenvalue weighted by Gasteiger charge is 2.32. The van der Waals surface area contributed by atoms with Gasteiger partial charge in [-0.25, -0.2) is 0 Å². The van der Waals surface area contributed by atoms with Gasteiger partial charge >= 0.3 is 6.18 Å². The first kappa shape index (κ1) is 42.0. The smallest absolute Gasteiger partial charge is 0.309 e. The van der Waals surface area contributed by atoms with Crippen LogP contribution in [0.15, 0.2) is 224 Å². The van der Waals surface area contributed by atoms with Crippen LogP contribution in [0.1, 0.15) is 16.7 Å². The van der Waals surface area contributed by atoms with Crippen molar-refractivity contribution in [2.24, 2.45) is 0 Å². The van der Waals surface area contributed by atoms with Gasteiger partial charge in [0.05, 0.1) is 56.2 Å². The number of aromatic nitrogens is 2. The third-order valence-corrected chi connectivity index (χ3v) is 13.4. The Morgan fingerprint density at radius 1 is 0.329 bits per heavy atom. The molecule has 4 nitrogen and oxygen atoms in total. The molecular weight excluding hydrogens is 870 g/mol. The average molecular weight is 907 g/mol. The van der Waals surface area contributed by atoms with Gasteiger partial charge in [-0.15, -0.1) is 0 Å². The predicted octanol–water partition coefficient (Wildman–Crippen LogP) is 17.0. The summed E-state index contributed by atoms with van der Waals surface area (Å²) in [5.74, 6) is 0. The zero-order valence-corrected chi connectivity index (χ0v) is 37.3. The monoisotopic (exact) mass is 906 g/mol. The lowest BCUT2D eigenvalue weighted by Crippen LogP contribution is -2.07.